The van der Waals surface area contributed by atoms with Crippen LogP contribution in [0.25, 0.3) is 17.1 Å². The standard InChI is InChI=1S/C25H23N5O5S/c1-16-6-4-5-7-21(16)29-24(17-8-10-18(34-2)11-9-17)27-28-25(29)36-15-23(31)26-20-13-12-19(35-3)14-22(20)30(32)33/h4-14H,15H2,1-3H3,(H,26,31). The molecule has 1 heterocycles. The molecule has 11 heteroatoms. The van der Waals surface area contributed by atoms with Crippen molar-refractivity contribution in [3.8, 4) is 28.6 Å². The summed E-state index contributed by atoms with van der Waals surface area (Å²) in [6.07, 6.45) is 0. The quantitative estimate of drug-likeness (QED) is 0.194. The third kappa shape index (κ3) is 5.31. The van der Waals surface area contributed by atoms with Gasteiger partial charge in [-0.25, -0.2) is 0 Å². The van der Waals surface area contributed by atoms with Crippen LogP contribution in [-0.4, -0.2) is 45.6 Å². The maximum atomic E-state index is 12.7. The zero-order valence-corrected chi connectivity index (χ0v) is 20.6. The lowest BCUT2D eigenvalue weighted by atomic mass is 10.1. The van der Waals surface area contributed by atoms with Crippen molar-refractivity contribution < 1.29 is 19.2 Å². The van der Waals surface area contributed by atoms with E-state index in [1.165, 1.54) is 31.0 Å². The van der Waals surface area contributed by atoms with Gasteiger partial charge in [0.2, 0.25) is 5.91 Å². The van der Waals surface area contributed by atoms with E-state index in [9.17, 15) is 14.9 Å². The Bertz CT molecular complexity index is 1400. The van der Waals surface area contributed by atoms with Crippen molar-refractivity contribution in [3.63, 3.8) is 0 Å². The molecule has 184 valence electrons. The summed E-state index contributed by atoms with van der Waals surface area (Å²) in [6, 6.07) is 19.5. The lowest BCUT2D eigenvalue weighted by Gasteiger charge is -2.13. The van der Waals surface area contributed by atoms with Crippen LogP contribution in [0.5, 0.6) is 11.5 Å². The second-order valence-electron chi connectivity index (χ2n) is 7.63. The van der Waals surface area contributed by atoms with Crippen molar-refractivity contribution in [2.45, 2.75) is 12.1 Å². The van der Waals surface area contributed by atoms with Gasteiger partial charge in [0.15, 0.2) is 11.0 Å². The van der Waals surface area contributed by atoms with Crippen LogP contribution >= 0.6 is 11.8 Å². The highest BCUT2D eigenvalue weighted by Gasteiger charge is 2.21. The summed E-state index contributed by atoms with van der Waals surface area (Å²) < 4.78 is 12.2. The smallest absolute Gasteiger partial charge is 0.296 e. The highest BCUT2D eigenvalue weighted by molar-refractivity contribution is 7.99. The molecular formula is C25H23N5O5S. The van der Waals surface area contributed by atoms with Gasteiger partial charge < -0.3 is 14.8 Å². The molecular weight excluding hydrogens is 482 g/mol. The van der Waals surface area contributed by atoms with Gasteiger partial charge in [0.25, 0.3) is 5.69 Å². The number of methoxy groups -OCH3 is 2. The van der Waals surface area contributed by atoms with Gasteiger partial charge in [-0.2, -0.15) is 0 Å². The van der Waals surface area contributed by atoms with Gasteiger partial charge >= 0.3 is 0 Å². The zero-order chi connectivity index (χ0) is 25.7. The van der Waals surface area contributed by atoms with Gasteiger partial charge in [-0.1, -0.05) is 30.0 Å². The number of thioether (sulfide) groups is 1. The average Bonchev–Trinajstić information content (AvgIpc) is 3.31. The number of rotatable bonds is 9. The number of nitro groups is 1. The van der Waals surface area contributed by atoms with Gasteiger partial charge in [0, 0.05) is 5.56 Å². The van der Waals surface area contributed by atoms with Crippen LogP contribution in [-0.2, 0) is 4.79 Å². The second kappa shape index (κ2) is 10.9. The molecule has 0 bridgehead atoms. The summed E-state index contributed by atoms with van der Waals surface area (Å²) in [6.45, 7) is 1.98. The molecule has 1 aromatic heterocycles. The van der Waals surface area contributed by atoms with Crippen molar-refractivity contribution >= 4 is 29.0 Å². The van der Waals surface area contributed by atoms with Crippen molar-refractivity contribution in [3.05, 3.63) is 82.4 Å². The van der Waals surface area contributed by atoms with E-state index >= 15 is 0 Å². The molecule has 0 aliphatic rings. The van der Waals surface area contributed by atoms with E-state index in [2.05, 4.69) is 15.5 Å². The molecule has 10 nitrogen and oxygen atoms in total. The number of aromatic nitrogens is 3. The molecule has 4 aromatic rings. The normalized spacial score (nSPS) is 10.6. The number of anilines is 1. The number of amides is 1. The molecule has 3 aromatic carbocycles. The first-order valence-electron chi connectivity index (χ1n) is 10.8. The Morgan fingerprint density at radius 3 is 2.39 bits per heavy atom. The molecule has 0 aliphatic carbocycles. The molecule has 0 atom stereocenters. The largest absolute Gasteiger partial charge is 0.497 e. The molecule has 0 radical (unpaired) electrons. The van der Waals surface area contributed by atoms with Gasteiger partial charge in [-0.05, 0) is 55.0 Å². The van der Waals surface area contributed by atoms with Crippen LogP contribution in [0.15, 0.2) is 71.9 Å². The van der Waals surface area contributed by atoms with E-state index in [4.69, 9.17) is 9.47 Å². The van der Waals surface area contributed by atoms with Crippen molar-refractivity contribution in [1.29, 1.82) is 0 Å². The predicted molar refractivity (Wildman–Crippen MR) is 137 cm³/mol. The fourth-order valence-corrected chi connectivity index (χ4v) is 4.28. The Morgan fingerprint density at radius 2 is 1.72 bits per heavy atom. The molecule has 0 saturated carbocycles. The molecule has 1 N–H and O–H groups in total. The Hall–Kier alpha value is -4.38. The molecule has 0 aliphatic heterocycles. The number of nitrogens with one attached hydrogen (secondary N) is 1. The molecule has 1 amide bonds. The molecule has 0 fully saturated rings. The third-order valence-corrected chi connectivity index (χ3v) is 6.27. The van der Waals surface area contributed by atoms with Crippen LogP contribution in [0.2, 0.25) is 0 Å². The Kier molecular flexibility index (Phi) is 7.50. The van der Waals surface area contributed by atoms with E-state index in [1.54, 1.807) is 13.2 Å². The minimum atomic E-state index is -0.568. The minimum Gasteiger partial charge on any atom is -0.497 e. The Labute approximate surface area is 211 Å². The first kappa shape index (κ1) is 24.7. The first-order chi connectivity index (χ1) is 17.4. The number of benzene rings is 3. The van der Waals surface area contributed by atoms with E-state index in [1.807, 2.05) is 60.0 Å². The van der Waals surface area contributed by atoms with Gasteiger partial charge in [-0.15, -0.1) is 10.2 Å². The molecule has 36 heavy (non-hydrogen) atoms. The van der Waals surface area contributed by atoms with Crippen LogP contribution in [0.3, 0.4) is 0 Å². The predicted octanol–water partition coefficient (Wildman–Crippen LogP) is 4.90. The van der Waals surface area contributed by atoms with Crippen LogP contribution < -0.4 is 14.8 Å². The molecule has 0 unspecified atom stereocenters. The maximum absolute atomic E-state index is 12.7. The topological polar surface area (TPSA) is 121 Å². The number of hydrogen-bond donors (Lipinski definition) is 1. The van der Waals surface area contributed by atoms with Crippen molar-refractivity contribution in [2.75, 3.05) is 25.3 Å². The van der Waals surface area contributed by atoms with E-state index in [0.717, 1.165) is 22.6 Å². The van der Waals surface area contributed by atoms with Crippen molar-refractivity contribution in [2.24, 2.45) is 0 Å². The van der Waals surface area contributed by atoms with Crippen LogP contribution in [0, 0.1) is 17.0 Å². The summed E-state index contributed by atoms with van der Waals surface area (Å²) in [4.78, 5) is 23.6. The summed E-state index contributed by atoms with van der Waals surface area (Å²) in [5, 5.41) is 23.3. The highest BCUT2D eigenvalue weighted by atomic mass is 32.2. The molecule has 0 spiro atoms. The third-order valence-electron chi connectivity index (χ3n) is 5.35. The van der Waals surface area contributed by atoms with Crippen LogP contribution in [0.1, 0.15) is 5.56 Å². The average molecular weight is 506 g/mol. The summed E-state index contributed by atoms with van der Waals surface area (Å²) in [7, 11) is 3.02. The van der Waals surface area contributed by atoms with Gasteiger partial charge in [0.1, 0.15) is 17.2 Å². The number of carbonyl (C=O) groups excluding carboxylic acids is 1. The van der Waals surface area contributed by atoms with Crippen molar-refractivity contribution in [1.82, 2.24) is 14.8 Å². The number of para-hydroxylation sites is 1. The molecule has 0 saturated heterocycles. The SMILES string of the molecule is COc1ccc(-c2nnc(SCC(=O)Nc3ccc(OC)cc3[N+](=O)[O-])n2-c2ccccc2C)cc1. The number of ether oxygens (including phenoxy) is 2. The Balaban J connectivity index is 1.61. The summed E-state index contributed by atoms with van der Waals surface area (Å²) in [5.41, 5.74) is 2.55. The zero-order valence-electron chi connectivity index (χ0n) is 19.8. The highest BCUT2D eigenvalue weighted by Crippen LogP contribution is 2.32. The fourth-order valence-electron chi connectivity index (χ4n) is 3.53. The lowest BCUT2D eigenvalue weighted by Crippen LogP contribution is -2.15. The Morgan fingerprint density at radius 1 is 1.03 bits per heavy atom. The number of nitro benzene ring substituents is 1. The first-order valence-corrected chi connectivity index (χ1v) is 11.8. The monoisotopic (exact) mass is 505 g/mol. The summed E-state index contributed by atoms with van der Waals surface area (Å²) in [5.74, 6) is 1.21. The summed E-state index contributed by atoms with van der Waals surface area (Å²) >= 11 is 1.18. The fraction of sp³-hybridized carbons (Fsp3) is 0.160. The van der Waals surface area contributed by atoms with E-state index < -0.39 is 10.8 Å². The lowest BCUT2D eigenvalue weighted by molar-refractivity contribution is -0.384. The molecule has 4 rings (SSSR count). The van der Waals surface area contributed by atoms with Crippen LogP contribution in [0.4, 0.5) is 11.4 Å². The number of aryl methyl sites for hydroxylation is 1. The van der Waals surface area contributed by atoms with E-state index in [-0.39, 0.29) is 17.1 Å². The maximum Gasteiger partial charge on any atom is 0.296 e. The minimum absolute atomic E-state index is 0.0319. The van der Waals surface area contributed by atoms with Gasteiger partial charge in [-0.3, -0.25) is 19.5 Å². The number of hydrogen-bond acceptors (Lipinski definition) is 8. The number of carbonyl (C=O) groups is 1. The second-order valence-corrected chi connectivity index (χ2v) is 8.58. The van der Waals surface area contributed by atoms with Gasteiger partial charge in [0.05, 0.1) is 36.6 Å². The number of nitrogens with zero attached hydrogens (tertiary/aromatic N) is 4. The van der Waals surface area contributed by atoms with E-state index in [0.29, 0.717) is 16.7 Å².